The molecule has 412 valence electrons. The maximum atomic E-state index is 10.3. The lowest BCUT2D eigenvalue weighted by Gasteiger charge is -2.25. The van der Waals surface area contributed by atoms with E-state index in [1.54, 1.807) is 0 Å². The Labute approximate surface area is 504 Å². The van der Waals surface area contributed by atoms with Crippen molar-refractivity contribution in [3.8, 4) is 113 Å². The fraction of sp³-hybridized carbons (Fsp3) is 0.195. The van der Waals surface area contributed by atoms with Crippen molar-refractivity contribution >= 4 is 53.9 Å². The monoisotopic (exact) mass is 1100 g/mol. The summed E-state index contributed by atoms with van der Waals surface area (Å²) in [5.74, 6) is 0. The third kappa shape index (κ3) is 8.12. The molecule has 86 heavy (non-hydrogen) atoms. The second-order valence-electron chi connectivity index (χ2n) is 28.1. The van der Waals surface area contributed by atoms with Crippen molar-refractivity contribution in [2.75, 3.05) is 0 Å². The molecule has 0 spiro atoms. The van der Waals surface area contributed by atoms with Crippen molar-refractivity contribution in [3.05, 3.63) is 214 Å². The predicted octanol–water partition coefficient (Wildman–Crippen LogP) is 22.1. The van der Waals surface area contributed by atoms with Crippen LogP contribution in [0, 0.1) is 45.3 Å². The minimum Gasteiger partial charge on any atom is -0.192 e. The lowest BCUT2D eigenvalue weighted by atomic mass is 9.77. The summed E-state index contributed by atoms with van der Waals surface area (Å²) in [7, 11) is 0. The molecule has 0 heterocycles. The zero-order chi connectivity index (χ0) is 60.3. The van der Waals surface area contributed by atoms with Crippen LogP contribution in [0.25, 0.3) is 143 Å². The molecule has 0 bridgehead atoms. The van der Waals surface area contributed by atoms with Crippen LogP contribution in [0.1, 0.15) is 128 Å². The van der Waals surface area contributed by atoms with Crippen LogP contribution in [0.5, 0.6) is 0 Å². The van der Waals surface area contributed by atoms with Gasteiger partial charge in [-0.05, 0) is 260 Å². The van der Waals surface area contributed by atoms with Gasteiger partial charge in [0.05, 0.1) is 46.5 Å². The molecule has 0 radical (unpaired) electrons. The summed E-state index contributed by atoms with van der Waals surface area (Å²) in [6.45, 7) is 27.6. The first-order valence-electron chi connectivity index (χ1n) is 29.9. The highest BCUT2D eigenvalue weighted by Gasteiger charge is 2.37. The van der Waals surface area contributed by atoms with E-state index in [2.05, 4.69) is 229 Å². The molecule has 12 aromatic carbocycles. The van der Waals surface area contributed by atoms with E-state index in [1.807, 2.05) is 48.5 Å². The van der Waals surface area contributed by atoms with E-state index < -0.39 is 0 Å². The molecule has 0 N–H and O–H groups in total. The topological polar surface area (TPSA) is 95.2 Å². The second-order valence-corrected chi connectivity index (χ2v) is 28.1. The molecule has 0 saturated heterocycles. The molecule has 0 atom stereocenters. The highest BCUT2D eigenvalue weighted by Crippen LogP contribution is 2.63. The van der Waals surface area contributed by atoms with E-state index in [9.17, 15) is 21.0 Å². The molecule has 2 aliphatic carbocycles. The maximum absolute atomic E-state index is 10.3. The van der Waals surface area contributed by atoms with Gasteiger partial charge in [-0.1, -0.05) is 180 Å². The molecule has 0 saturated carbocycles. The Morgan fingerprint density at radius 2 is 0.453 bits per heavy atom. The van der Waals surface area contributed by atoms with Gasteiger partial charge in [0.2, 0.25) is 0 Å². The fourth-order valence-electron chi connectivity index (χ4n) is 14.0. The Hall–Kier alpha value is -10.1. The van der Waals surface area contributed by atoms with Gasteiger partial charge in [0.15, 0.2) is 0 Å². The predicted molar refractivity (Wildman–Crippen MR) is 358 cm³/mol. The molecule has 4 heteroatoms. The lowest BCUT2D eigenvalue weighted by molar-refractivity contribution is 0.589. The Bertz CT molecular complexity index is 4830. The van der Waals surface area contributed by atoms with Gasteiger partial charge in [-0.2, -0.15) is 21.0 Å². The lowest BCUT2D eigenvalue weighted by Crippen LogP contribution is -2.12. The van der Waals surface area contributed by atoms with Gasteiger partial charge >= 0.3 is 0 Å². The number of hydrogen-bond acceptors (Lipinski definition) is 4. The van der Waals surface area contributed by atoms with Crippen molar-refractivity contribution in [3.63, 3.8) is 0 Å². The van der Waals surface area contributed by atoms with E-state index in [1.165, 1.54) is 66.1 Å². The van der Waals surface area contributed by atoms with Crippen molar-refractivity contribution in [2.24, 2.45) is 0 Å². The third-order valence-electron chi connectivity index (χ3n) is 18.6. The smallest absolute Gasteiger partial charge is 0.0991 e. The molecule has 0 amide bonds. The largest absolute Gasteiger partial charge is 0.192 e. The van der Waals surface area contributed by atoms with Crippen LogP contribution in [0.2, 0.25) is 0 Å². The van der Waals surface area contributed by atoms with Crippen LogP contribution < -0.4 is 0 Å². The Kier molecular flexibility index (Phi) is 11.7. The fourth-order valence-corrected chi connectivity index (χ4v) is 14.0. The molecular weight excluding hydrogens is 1040 g/mol. The summed E-state index contributed by atoms with van der Waals surface area (Å²) >= 11 is 0. The average Bonchev–Trinajstić information content (AvgIpc) is 1.45. The molecule has 14 rings (SSSR count). The zero-order valence-corrected chi connectivity index (χ0v) is 51.0. The molecule has 0 fully saturated rings. The molecule has 2 aliphatic rings. The minimum atomic E-state index is -0.181. The van der Waals surface area contributed by atoms with E-state index in [4.69, 9.17) is 0 Å². The third-order valence-corrected chi connectivity index (χ3v) is 18.6. The van der Waals surface area contributed by atoms with Crippen LogP contribution in [-0.2, 0) is 21.7 Å². The molecule has 4 nitrogen and oxygen atoms in total. The summed E-state index contributed by atoms with van der Waals surface area (Å²) in [4.78, 5) is 0. The number of hydrogen-bond donors (Lipinski definition) is 0. The van der Waals surface area contributed by atoms with Gasteiger partial charge in [0.1, 0.15) is 0 Å². The summed E-state index contributed by atoms with van der Waals surface area (Å²) in [6.07, 6.45) is 0. The number of rotatable bonds is 4. The summed E-state index contributed by atoms with van der Waals surface area (Å²) < 4.78 is 0. The number of nitrogens with zero attached hydrogens (tertiary/aromatic N) is 4. The molecule has 12 aromatic rings. The quantitative estimate of drug-likeness (QED) is 0.164. The highest BCUT2D eigenvalue weighted by atomic mass is 14.4. The number of fused-ring (bicyclic) bond motifs is 11. The van der Waals surface area contributed by atoms with Gasteiger partial charge in [0, 0.05) is 0 Å². The van der Waals surface area contributed by atoms with Gasteiger partial charge in [-0.15, -0.1) is 0 Å². The van der Waals surface area contributed by atoms with Gasteiger partial charge in [-0.25, -0.2) is 0 Å². The molecule has 0 aromatic heterocycles. The zero-order valence-electron chi connectivity index (χ0n) is 51.0. The SMILES string of the molecule is CC(C)(C)c1cc2c3c(cc(C(C)(C)C)cc3c1)-c1c-2c(-c2ccc(C#N)cc2)c2ccc3c(ccc4c(-c5ccc(C#N)cc5)c5c(c(-c6ccc(C#N)cc6)c43)-c3cc(C(C)(C)C)cc4cc(C(C)(C)C)cc-5c34)c2c1-c1ccc(C#N)cc1. The number of nitriles is 4. The first-order chi connectivity index (χ1) is 41.0. The highest BCUT2D eigenvalue weighted by molar-refractivity contribution is 6.36. The summed E-state index contributed by atoms with van der Waals surface area (Å²) in [5, 5.41) is 52.5. The molecular formula is C82H64N4. The van der Waals surface area contributed by atoms with Crippen LogP contribution in [0.15, 0.2) is 170 Å². The van der Waals surface area contributed by atoms with Crippen molar-refractivity contribution < 1.29 is 0 Å². The van der Waals surface area contributed by atoms with E-state index >= 15 is 0 Å². The van der Waals surface area contributed by atoms with E-state index in [-0.39, 0.29) is 21.7 Å². The van der Waals surface area contributed by atoms with Gasteiger partial charge in [0.25, 0.3) is 0 Å². The Balaban J connectivity index is 1.26. The maximum Gasteiger partial charge on any atom is 0.0991 e. The van der Waals surface area contributed by atoms with Gasteiger partial charge in [-0.3, -0.25) is 0 Å². The van der Waals surface area contributed by atoms with E-state index in [0.717, 1.165) is 99.1 Å². The van der Waals surface area contributed by atoms with Crippen LogP contribution >= 0.6 is 0 Å². The van der Waals surface area contributed by atoms with Gasteiger partial charge < -0.3 is 0 Å². The van der Waals surface area contributed by atoms with Crippen molar-refractivity contribution in [2.45, 2.75) is 105 Å². The second kappa shape index (κ2) is 18.7. The van der Waals surface area contributed by atoms with Crippen LogP contribution in [0.4, 0.5) is 0 Å². The van der Waals surface area contributed by atoms with Crippen LogP contribution in [-0.4, -0.2) is 0 Å². The molecule has 0 aliphatic heterocycles. The first-order valence-corrected chi connectivity index (χ1v) is 29.9. The van der Waals surface area contributed by atoms with Crippen molar-refractivity contribution in [1.29, 1.82) is 21.0 Å². The van der Waals surface area contributed by atoms with E-state index in [0.29, 0.717) is 22.3 Å². The van der Waals surface area contributed by atoms with Crippen molar-refractivity contribution in [1.82, 2.24) is 0 Å². The minimum absolute atomic E-state index is 0.163. The Morgan fingerprint density at radius 3 is 0.686 bits per heavy atom. The van der Waals surface area contributed by atoms with Crippen LogP contribution in [0.3, 0.4) is 0 Å². The molecule has 0 unspecified atom stereocenters. The Morgan fingerprint density at radius 1 is 0.233 bits per heavy atom. The normalized spacial score (nSPS) is 12.6. The first kappa shape index (κ1) is 53.9. The number of benzene rings is 12. The average molecular weight is 1110 g/mol. The standard InChI is InChI=1S/C82H64N4/c1-79(2,3)55-33-53-35-57(81(7,8)9)39-65-67(53)63(37-55)75-69(49-21-13-45(41-83)14-22-49)61-31-29-60-59(73(61)71(77(65)75)51-25-17-47(43-85)18-26-51)30-32-62-70(50-23-15-46(42-84)16-24-50)76-64-38-56(80(4,5)6)34-54-36-58(82(10,11)12)40-66(68(54)64)78(76)72(74(60)62)52-27-19-48(44-86)20-28-52/h13-40H,1-12H3. The summed E-state index contributed by atoms with van der Waals surface area (Å²) in [5.41, 5.74) is 24.5. The summed E-state index contributed by atoms with van der Waals surface area (Å²) in [6, 6.07) is 71.1.